The summed E-state index contributed by atoms with van der Waals surface area (Å²) in [5, 5.41) is 0. The lowest BCUT2D eigenvalue weighted by Gasteiger charge is -2.14. The number of aryl methyl sites for hydroxylation is 1. The maximum absolute atomic E-state index is 11.6. The minimum Gasteiger partial charge on any atom is -0.469 e. The van der Waals surface area contributed by atoms with Gasteiger partial charge in [0.15, 0.2) is 18.5 Å². The zero-order chi connectivity index (χ0) is 11.5. The first-order valence-electron chi connectivity index (χ1n) is 5.11. The van der Waals surface area contributed by atoms with E-state index in [-0.39, 0.29) is 0 Å². The minimum absolute atomic E-state index is 0.328. The molecule has 5 nitrogen and oxygen atoms in total. The summed E-state index contributed by atoms with van der Waals surface area (Å²) in [4.78, 5) is 15.6. The molecule has 1 aliphatic rings. The van der Waals surface area contributed by atoms with E-state index in [9.17, 15) is 4.79 Å². The van der Waals surface area contributed by atoms with Gasteiger partial charge in [-0.3, -0.25) is 0 Å². The minimum atomic E-state index is -0.662. The largest absolute Gasteiger partial charge is 0.469 e. The summed E-state index contributed by atoms with van der Waals surface area (Å²) >= 11 is 0. The highest BCUT2D eigenvalue weighted by molar-refractivity contribution is 5.80. The fourth-order valence-corrected chi connectivity index (χ4v) is 1.61. The summed E-state index contributed by atoms with van der Waals surface area (Å²) in [5.74, 6) is 0.229. The third-order valence-corrected chi connectivity index (χ3v) is 2.40. The van der Waals surface area contributed by atoms with Gasteiger partial charge in [-0.1, -0.05) is 0 Å². The first-order chi connectivity index (χ1) is 7.74. The van der Waals surface area contributed by atoms with Gasteiger partial charge in [0.1, 0.15) is 5.76 Å². The lowest BCUT2D eigenvalue weighted by molar-refractivity contribution is -0.146. The first-order valence-corrected chi connectivity index (χ1v) is 5.11. The van der Waals surface area contributed by atoms with Crippen LogP contribution in [-0.2, 0) is 14.3 Å². The van der Waals surface area contributed by atoms with Crippen molar-refractivity contribution in [1.82, 2.24) is 0 Å². The molecule has 0 aromatic carbocycles. The van der Waals surface area contributed by atoms with Crippen molar-refractivity contribution < 1.29 is 18.7 Å². The Labute approximate surface area is 93.1 Å². The monoisotopic (exact) mass is 223 g/mol. The van der Waals surface area contributed by atoms with Crippen molar-refractivity contribution in [3.63, 3.8) is 0 Å². The average molecular weight is 223 g/mol. The third kappa shape index (κ3) is 1.80. The Morgan fingerprint density at radius 3 is 3.06 bits per heavy atom. The van der Waals surface area contributed by atoms with E-state index in [2.05, 4.69) is 4.99 Å². The molecule has 2 heterocycles. The molecule has 0 fully saturated rings. The summed E-state index contributed by atoms with van der Waals surface area (Å²) in [7, 11) is 0. The van der Waals surface area contributed by atoms with Crippen LogP contribution in [0.5, 0.6) is 0 Å². The molecule has 0 amide bonds. The average Bonchev–Trinajstić information content (AvgIpc) is 2.85. The highest BCUT2D eigenvalue weighted by Crippen LogP contribution is 2.30. The SMILES string of the molecule is CCOC(=O)C1N=COC1c1occc1C. The third-order valence-electron chi connectivity index (χ3n) is 2.40. The second-order valence-corrected chi connectivity index (χ2v) is 3.48. The Morgan fingerprint density at radius 2 is 2.44 bits per heavy atom. The Balaban J connectivity index is 2.17. The number of aliphatic imine (C=N–C) groups is 1. The molecule has 0 saturated heterocycles. The summed E-state index contributed by atoms with van der Waals surface area (Å²) in [6.07, 6.45) is 2.33. The second-order valence-electron chi connectivity index (χ2n) is 3.48. The lowest BCUT2D eigenvalue weighted by Crippen LogP contribution is -2.26. The fourth-order valence-electron chi connectivity index (χ4n) is 1.61. The van der Waals surface area contributed by atoms with Gasteiger partial charge in [0.05, 0.1) is 12.9 Å². The molecule has 0 saturated carbocycles. The van der Waals surface area contributed by atoms with Crippen LogP contribution >= 0.6 is 0 Å². The molecule has 2 atom stereocenters. The van der Waals surface area contributed by atoms with Gasteiger partial charge < -0.3 is 13.9 Å². The number of carbonyl (C=O) groups is 1. The highest BCUT2D eigenvalue weighted by atomic mass is 16.5. The maximum atomic E-state index is 11.6. The van der Waals surface area contributed by atoms with E-state index in [0.717, 1.165) is 5.56 Å². The summed E-state index contributed by atoms with van der Waals surface area (Å²) in [6, 6.07) is 1.16. The van der Waals surface area contributed by atoms with Crippen molar-refractivity contribution in [2.24, 2.45) is 4.99 Å². The number of hydrogen-bond acceptors (Lipinski definition) is 5. The lowest BCUT2D eigenvalue weighted by atomic mass is 10.1. The van der Waals surface area contributed by atoms with Crippen LogP contribution in [-0.4, -0.2) is 25.0 Å². The molecule has 0 aliphatic carbocycles. The summed E-state index contributed by atoms with van der Waals surface area (Å²) in [5.41, 5.74) is 0.935. The van der Waals surface area contributed by atoms with Crippen molar-refractivity contribution in [1.29, 1.82) is 0 Å². The smallest absolute Gasteiger partial charge is 0.335 e. The van der Waals surface area contributed by atoms with Crippen molar-refractivity contribution >= 4 is 12.4 Å². The summed E-state index contributed by atoms with van der Waals surface area (Å²) in [6.45, 7) is 3.97. The number of hydrogen-bond donors (Lipinski definition) is 0. The van der Waals surface area contributed by atoms with E-state index in [1.54, 1.807) is 13.2 Å². The maximum Gasteiger partial charge on any atom is 0.335 e. The van der Waals surface area contributed by atoms with Crippen molar-refractivity contribution in [3.8, 4) is 0 Å². The topological polar surface area (TPSA) is 61.0 Å². The Hall–Kier alpha value is -1.78. The molecular formula is C11H13NO4. The molecule has 1 aromatic rings. The second kappa shape index (κ2) is 4.38. The summed E-state index contributed by atoms with van der Waals surface area (Å²) < 4.78 is 15.5. The van der Waals surface area contributed by atoms with Crippen LogP contribution in [0.2, 0.25) is 0 Å². The zero-order valence-corrected chi connectivity index (χ0v) is 9.17. The molecule has 0 N–H and O–H groups in total. The zero-order valence-electron chi connectivity index (χ0n) is 9.17. The molecule has 0 bridgehead atoms. The Bertz CT molecular complexity index is 410. The Kier molecular flexibility index (Phi) is 2.94. The number of rotatable bonds is 3. The van der Waals surface area contributed by atoms with Crippen molar-refractivity contribution in [2.75, 3.05) is 6.61 Å². The van der Waals surface area contributed by atoms with Crippen LogP contribution in [0.15, 0.2) is 21.7 Å². The van der Waals surface area contributed by atoms with E-state index < -0.39 is 18.1 Å². The van der Waals surface area contributed by atoms with Crippen LogP contribution in [0.4, 0.5) is 0 Å². The van der Waals surface area contributed by atoms with Gasteiger partial charge in [0.25, 0.3) is 0 Å². The van der Waals surface area contributed by atoms with E-state index in [0.29, 0.717) is 12.4 Å². The van der Waals surface area contributed by atoms with Crippen LogP contribution < -0.4 is 0 Å². The number of carbonyl (C=O) groups excluding carboxylic acids is 1. The van der Waals surface area contributed by atoms with Gasteiger partial charge in [-0.2, -0.15) is 0 Å². The van der Waals surface area contributed by atoms with Gasteiger partial charge in [-0.05, 0) is 25.5 Å². The van der Waals surface area contributed by atoms with Gasteiger partial charge in [0.2, 0.25) is 0 Å². The van der Waals surface area contributed by atoms with Crippen LogP contribution in [0.25, 0.3) is 0 Å². The highest BCUT2D eigenvalue weighted by Gasteiger charge is 2.37. The molecule has 1 aliphatic heterocycles. The van der Waals surface area contributed by atoms with Gasteiger partial charge in [-0.15, -0.1) is 0 Å². The van der Waals surface area contributed by atoms with Crippen molar-refractivity contribution in [3.05, 3.63) is 23.7 Å². The molecule has 16 heavy (non-hydrogen) atoms. The van der Waals surface area contributed by atoms with E-state index >= 15 is 0 Å². The van der Waals surface area contributed by atoms with Gasteiger partial charge in [-0.25, -0.2) is 9.79 Å². The van der Waals surface area contributed by atoms with Crippen molar-refractivity contribution in [2.45, 2.75) is 26.0 Å². The number of ether oxygens (including phenoxy) is 2. The predicted octanol–water partition coefficient (Wildman–Crippen LogP) is 1.62. The predicted molar refractivity (Wildman–Crippen MR) is 56.2 cm³/mol. The van der Waals surface area contributed by atoms with Gasteiger partial charge in [0, 0.05) is 0 Å². The van der Waals surface area contributed by atoms with Crippen LogP contribution in [0, 0.1) is 6.92 Å². The standard InChI is InChI=1S/C11H13NO4/c1-3-14-11(13)8-10(16-6-12-8)9-7(2)4-5-15-9/h4-6,8,10H,3H2,1-2H3. The van der Waals surface area contributed by atoms with Crippen LogP contribution in [0.1, 0.15) is 24.4 Å². The molecule has 5 heteroatoms. The molecule has 0 spiro atoms. The number of esters is 1. The van der Waals surface area contributed by atoms with E-state index in [1.165, 1.54) is 6.40 Å². The number of furan rings is 1. The molecular weight excluding hydrogens is 210 g/mol. The molecule has 2 unspecified atom stereocenters. The fraction of sp³-hybridized carbons (Fsp3) is 0.455. The van der Waals surface area contributed by atoms with Crippen LogP contribution in [0.3, 0.4) is 0 Å². The molecule has 1 aromatic heterocycles. The molecule has 0 radical (unpaired) electrons. The quantitative estimate of drug-likeness (QED) is 0.730. The molecule has 86 valence electrons. The Morgan fingerprint density at radius 1 is 1.62 bits per heavy atom. The molecule has 2 rings (SSSR count). The van der Waals surface area contributed by atoms with Gasteiger partial charge >= 0.3 is 5.97 Å². The number of nitrogens with zero attached hydrogens (tertiary/aromatic N) is 1. The van der Waals surface area contributed by atoms with E-state index in [4.69, 9.17) is 13.9 Å². The normalized spacial score (nSPS) is 23.1. The first kappa shape index (κ1) is 10.7. The van der Waals surface area contributed by atoms with E-state index in [1.807, 2.05) is 13.0 Å².